The van der Waals surface area contributed by atoms with Crippen molar-refractivity contribution in [2.45, 2.75) is 32.9 Å². The number of hydrogen-bond acceptors (Lipinski definition) is 3. The van der Waals surface area contributed by atoms with E-state index in [-0.39, 0.29) is 0 Å². The second kappa shape index (κ2) is 7.31. The van der Waals surface area contributed by atoms with E-state index in [1.54, 1.807) is 11.3 Å². The standard InChI is InChI=1S/C16H21NOS/c1-3-16(17-4-2)13-7-9-14(10-8-13)18-12-15-6-5-11-19-15/h5-11,16-17H,3-4,12H2,1-2H3. The lowest BCUT2D eigenvalue weighted by atomic mass is 10.0. The Morgan fingerprint density at radius 2 is 1.95 bits per heavy atom. The molecule has 1 aromatic carbocycles. The third-order valence-corrected chi connectivity index (χ3v) is 3.95. The largest absolute Gasteiger partial charge is 0.488 e. The van der Waals surface area contributed by atoms with E-state index in [4.69, 9.17) is 4.74 Å². The second-order valence-electron chi connectivity index (χ2n) is 4.46. The highest BCUT2D eigenvalue weighted by Crippen LogP contribution is 2.21. The molecule has 0 amide bonds. The zero-order valence-electron chi connectivity index (χ0n) is 11.6. The first kappa shape index (κ1) is 14.1. The summed E-state index contributed by atoms with van der Waals surface area (Å²) in [6.45, 7) is 5.99. The molecule has 0 saturated carbocycles. The molecule has 0 aliphatic carbocycles. The van der Waals surface area contributed by atoms with E-state index in [0.717, 1.165) is 18.7 Å². The summed E-state index contributed by atoms with van der Waals surface area (Å²) in [6, 6.07) is 13.0. The summed E-state index contributed by atoms with van der Waals surface area (Å²) in [7, 11) is 0. The van der Waals surface area contributed by atoms with Crippen LogP contribution >= 0.6 is 11.3 Å². The van der Waals surface area contributed by atoms with Gasteiger partial charge in [-0.15, -0.1) is 11.3 Å². The highest BCUT2D eigenvalue weighted by Gasteiger charge is 2.07. The summed E-state index contributed by atoms with van der Waals surface area (Å²) in [4.78, 5) is 1.25. The summed E-state index contributed by atoms with van der Waals surface area (Å²) in [5.41, 5.74) is 1.33. The zero-order valence-corrected chi connectivity index (χ0v) is 12.4. The molecular weight excluding hydrogens is 254 g/mol. The quantitative estimate of drug-likeness (QED) is 0.809. The number of ether oxygens (including phenoxy) is 1. The van der Waals surface area contributed by atoms with Crippen LogP contribution in [0, 0.1) is 0 Å². The third kappa shape index (κ3) is 4.08. The van der Waals surface area contributed by atoms with Gasteiger partial charge >= 0.3 is 0 Å². The van der Waals surface area contributed by atoms with Crippen LogP contribution in [-0.4, -0.2) is 6.54 Å². The van der Waals surface area contributed by atoms with Gasteiger partial charge in [0.15, 0.2) is 0 Å². The van der Waals surface area contributed by atoms with E-state index in [9.17, 15) is 0 Å². The van der Waals surface area contributed by atoms with Gasteiger partial charge in [0.25, 0.3) is 0 Å². The maximum atomic E-state index is 5.77. The number of thiophene rings is 1. The second-order valence-corrected chi connectivity index (χ2v) is 5.49. The van der Waals surface area contributed by atoms with Crippen molar-refractivity contribution in [2.24, 2.45) is 0 Å². The number of hydrogen-bond donors (Lipinski definition) is 1. The van der Waals surface area contributed by atoms with Crippen LogP contribution in [0.25, 0.3) is 0 Å². The molecule has 1 N–H and O–H groups in total. The highest BCUT2D eigenvalue weighted by molar-refractivity contribution is 7.09. The first-order chi connectivity index (χ1) is 9.33. The number of nitrogens with one attached hydrogen (secondary N) is 1. The minimum atomic E-state index is 0.441. The van der Waals surface area contributed by atoms with E-state index in [0.29, 0.717) is 12.6 Å². The van der Waals surface area contributed by atoms with Gasteiger partial charge in [0.2, 0.25) is 0 Å². The molecule has 0 saturated heterocycles. The average molecular weight is 275 g/mol. The van der Waals surface area contributed by atoms with Crippen molar-refractivity contribution in [1.82, 2.24) is 5.32 Å². The summed E-state index contributed by atoms with van der Waals surface area (Å²) >= 11 is 1.73. The predicted molar refractivity (Wildman–Crippen MR) is 81.8 cm³/mol. The summed E-state index contributed by atoms with van der Waals surface area (Å²) in [6.07, 6.45) is 1.10. The van der Waals surface area contributed by atoms with Crippen LogP contribution in [0.2, 0.25) is 0 Å². The van der Waals surface area contributed by atoms with Gasteiger partial charge in [0.05, 0.1) is 0 Å². The molecule has 2 rings (SSSR count). The summed E-state index contributed by atoms with van der Waals surface area (Å²) in [5.74, 6) is 0.934. The van der Waals surface area contributed by atoms with E-state index in [1.807, 2.05) is 0 Å². The maximum Gasteiger partial charge on any atom is 0.122 e. The topological polar surface area (TPSA) is 21.3 Å². The van der Waals surface area contributed by atoms with Crippen molar-refractivity contribution in [1.29, 1.82) is 0 Å². The molecule has 0 aliphatic rings. The van der Waals surface area contributed by atoms with Gasteiger partial charge in [0, 0.05) is 10.9 Å². The Morgan fingerprint density at radius 3 is 2.53 bits per heavy atom. The van der Waals surface area contributed by atoms with Gasteiger partial charge in [0.1, 0.15) is 12.4 Å². The molecule has 19 heavy (non-hydrogen) atoms. The fourth-order valence-electron chi connectivity index (χ4n) is 2.09. The van der Waals surface area contributed by atoms with Crippen LogP contribution in [0.4, 0.5) is 0 Å². The van der Waals surface area contributed by atoms with Crippen LogP contribution in [0.3, 0.4) is 0 Å². The maximum absolute atomic E-state index is 5.77. The highest BCUT2D eigenvalue weighted by atomic mass is 32.1. The lowest BCUT2D eigenvalue weighted by molar-refractivity contribution is 0.309. The van der Waals surface area contributed by atoms with E-state index >= 15 is 0 Å². The van der Waals surface area contributed by atoms with Gasteiger partial charge in [-0.2, -0.15) is 0 Å². The molecule has 1 atom stereocenters. The fraction of sp³-hybridized carbons (Fsp3) is 0.375. The first-order valence-corrected chi connectivity index (χ1v) is 7.70. The molecule has 1 heterocycles. The number of benzene rings is 1. The molecule has 0 fully saturated rings. The molecule has 0 bridgehead atoms. The summed E-state index contributed by atoms with van der Waals surface area (Å²) in [5, 5.41) is 5.56. The van der Waals surface area contributed by atoms with E-state index in [1.165, 1.54) is 10.4 Å². The Bertz CT molecular complexity index is 464. The van der Waals surface area contributed by atoms with Gasteiger partial charge in [-0.05, 0) is 42.1 Å². The van der Waals surface area contributed by atoms with Crippen LogP contribution in [0.1, 0.15) is 36.8 Å². The fourth-order valence-corrected chi connectivity index (χ4v) is 2.71. The normalized spacial score (nSPS) is 12.3. The smallest absolute Gasteiger partial charge is 0.122 e. The van der Waals surface area contributed by atoms with Crippen molar-refractivity contribution in [2.75, 3.05) is 6.54 Å². The third-order valence-electron chi connectivity index (χ3n) is 3.10. The molecule has 2 nitrogen and oxygen atoms in total. The minimum absolute atomic E-state index is 0.441. The van der Waals surface area contributed by atoms with Crippen molar-refractivity contribution in [3.05, 3.63) is 52.2 Å². The Hall–Kier alpha value is -1.32. The molecule has 2 aromatic rings. The van der Waals surface area contributed by atoms with Crippen LogP contribution in [0.15, 0.2) is 41.8 Å². The van der Waals surface area contributed by atoms with Crippen molar-refractivity contribution in [3.63, 3.8) is 0 Å². The Morgan fingerprint density at radius 1 is 1.16 bits per heavy atom. The van der Waals surface area contributed by atoms with Gasteiger partial charge in [-0.25, -0.2) is 0 Å². The Labute approximate surface area is 119 Å². The molecule has 0 spiro atoms. The van der Waals surface area contributed by atoms with Crippen molar-refractivity contribution < 1.29 is 4.74 Å². The van der Waals surface area contributed by atoms with Gasteiger partial charge in [-0.3, -0.25) is 0 Å². The van der Waals surface area contributed by atoms with Crippen molar-refractivity contribution >= 4 is 11.3 Å². The van der Waals surface area contributed by atoms with Gasteiger partial charge in [-0.1, -0.05) is 32.0 Å². The van der Waals surface area contributed by atoms with Crippen molar-refractivity contribution in [3.8, 4) is 5.75 Å². The summed E-state index contributed by atoms with van der Waals surface area (Å²) < 4.78 is 5.77. The molecule has 1 aromatic heterocycles. The molecule has 0 radical (unpaired) electrons. The lowest BCUT2D eigenvalue weighted by Crippen LogP contribution is -2.19. The van der Waals surface area contributed by atoms with E-state index < -0.39 is 0 Å². The van der Waals surface area contributed by atoms with Crippen LogP contribution in [0.5, 0.6) is 5.75 Å². The SMILES string of the molecule is CCNC(CC)c1ccc(OCc2cccs2)cc1. The number of rotatable bonds is 7. The zero-order chi connectivity index (χ0) is 13.5. The Balaban J connectivity index is 1.93. The minimum Gasteiger partial charge on any atom is -0.488 e. The molecule has 102 valence electrons. The van der Waals surface area contributed by atoms with Crippen LogP contribution in [-0.2, 0) is 6.61 Å². The van der Waals surface area contributed by atoms with E-state index in [2.05, 4.69) is 60.9 Å². The predicted octanol–water partition coefficient (Wildman–Crippen LogP) is 4.39. The van der Waals surface area contributed by atoms with Gasteiger partial charge < -0.3 is 10.1 Å². The molecular formula is C16H21NOS. The first-order valence-electron chi connectivity index (χ1n) is 6.82. The average Bonchev–Trinajstić information content (AvgIpc) is 2.96. The van der Waals surface area contributed by atoms with Crippen LogP contribution < -0.4 is 10.1 Å². The molecule has 1 unspecified atom stereocenters. The molecule has 3 heteroatoms. The molecule has 0 aliphatic heterocycles. The Kier molecular flexibility index (Phi) is 5.43. The lowest BCUT2D eigenvalue weighted by Gasteiger charge is -2.16. The monoisotopic (exact) mass is 275 g/mol.